The van der Waals surface area contributed by atoms with Crippen molar-refractivity contribution < 1.29 is 66.0 Å². The van der Waals surface area contributed by atoms with Gasteiger partial charge >= 0.3 is 12.2 Å². The molecule has 0 bridgehead atoms. The second kappa shape index (κ2) is 19.1. The largest absolute Gasteiger partial charge is 0.394 e. The summed E-state index contributed by atoms with van der Waals surface area (Å²) in [5, 5.41) is 29.6. The Bertz CT molecular complexity index is 642. The number of halogens is 4. The Kier molecular flexibility index (Phi) is 17.6. The van der Waals surface area contributed by atoms with Gasteiger partial charge < -0.3 is 43.7 Å². The molecular formula is C21H34F4O10S. The third-order valence-electron chi connectivity index (χ3n) is 3.93. The average molecular weight is 555 g/mol. The van der Waals surface area contributed by atoms with E-state index in [9.17, 15) is 27.8 Å². The van der Waals surface area contributed by atoms with Crippen LogP contribution in [0.4, 0.5) is 17.6 Å². The Morgan fingerprint density at radius 3 is 1.92 bits per heavy atom. The van der Waals surface area contributed by atoms with Crippen molar-refractivity contribution in [2.75, 3.05) is 79.5 Å². The van der Waals surface area contributed by atoms with E-state index in [0.717, 1.165) is 4.88 Å². The Balaban J connectivity index is 2.04. The van der Waals surface area contributed by atoms with Gasteiger partial charge in [-0.25, -0.2) is 0 Å². The van der Waals surface area contributed by atoms with Crippen molar-refractivity contribution in [3.8, 4) is 0 Å². The summed E-state index contributed by atoms with van der Waals surface area (Å²) in [5.41, 5.74) is 0. The van der Waals surface area contributed by atoms with Gasteiger partial charge in [-0.3, -0.25) is 4.74 Å². The second-order valence-corrected chi connectivity index (χ2v) is 8.38. The zero-order valence-electron chi connectivity index (χ0n) is 19.7. The second-order valence-electron chi connectivity index (χ2n) is 7.35. The van der Waals surface area contributed by atoms with Crippen LogP contribution < -0.4 is 0 Å². The van der Waals surface area contributed by atoms with Crippen molar-refractivity contribution in [1.82, 2.24) is 0 Å². The highest BCUT2D eigenvalue weighted by Crippen LogP contribution is 2.27. The van der Waals surface area contributed by atoms with Gasteiger partial charge in [0.05, 0.1) is 59.5 Å². The molecule has 212 valence electrons. The first-order valence-corrected chi connectivity index (χ1v) is 11.9. The smallest absolute Gasteiger partial charge is 0.383 e. The van der Waals surface area contributed by atoms with Crippen LogP contribution in [0.5, 0.6) is 0 Å². The van der Waals surface area contributed by atoms with E-state index in [1.54, 1.807) is 11.3 Å². The van der Waals surface area contributed by atoms with E-state index in [0.29, 0.717) is 13.0 Å². The fourth-order valence-corrected chi connectivity index (χ4v) is 3.12. The van der Waals surface area contributed by atoms with Gasteiger partial charge in [0.2, 0.25) is 0 Å². The lowest BCUT2D eigenvalue weighted by Gasteiger charge is -2.24. The summed E-state index contributed by atoms with van der Waals surface area (Å²) >= 11 is 1.55. The minimum atomic E-state index is -4.33. The normalized spacial score (nSPS) is 14.3. The average Bonchev–Trinajstić information content (AvgIpc) is 3.31. The van der Waals surface area contributed by atoms with Gasteiger partial charge in [-0.2, -0.15) is 17.6 Å². The molecule has 0 aliphatic heterocycles. The van der Waals surface area contributed by atoms with Crippen LogP contribution in [-0.2, 0) is 39.6 Å². The lowest BCUT2D eigenvalue weighted by atomic mass is 10.3. The Morgan fingerprint density at radius 2 is 1.31 bits per heavy atom. The molecule has 10 nitrogen and oxygen atoms in total. The monoisotopic (exact) mass is 554 g/mol. The van der Waals surface area contributed by atoms with Gasteiger partial charge in [-0.05, 0) is 11.4 Å². The number of rotatable bonds is 24. The fourth-order valence-electron chi connectivity index (χ4n) is 2.43. The minimum Gasteiger partial charge on any atom is -0.394 e. The fraction of sp³-hybridized carbons (Fsp3) is 0.810. The standard InChI is InChI=1S/C21H34F4O10S/c22-20(23,14-33-13-18(28)10-29-5-3-19-2-1-9-36-19)35-21(24,25)15-34-16-32-8-7-31-12-17(27)11-30-6-4-26/h1-2,9,17-18,26-28H,3-8,10-16H2. The van der Waals surface area contributed by atoms with Crippen LogP contribution in [-0.4, -0.2) is 119 Å². The van der Waals surface area contributed by atoms with E-state index in [2.05, 4.69) is 14.2 Å². The van der Waals surface area contributed by atoms with Gasteiger partial charge in [0.15, 0.2) is 0 Å². The molecule has 1 rings (SSSR count). The summed E-state index contributed by atoms with van der Waals surface area (Å²) in [6.45, 7) is -4.27. The van der Waals surface area contributed by atoms with Crippen LogP contribution in [0.3, 0.4) is 0 Å². The van der Waals surface area contributed by atoms with E-state index < -0.39 is 51.0 Å². The summed E-state index contributed by atoms with van der Waals surface area (Å²) in [6, 6.07) is 3.82. The molecule has 15 heteroatoms. The van der Waals surface area contributed by atoms with Crippen LogP contribution in [0.15, 0.2) is 17.5 Å². The van der Waals surface area contributed by atoms with E-state index in [1.807, 2.05) is 17.5 Å². The first-order valence-electron chi connectivity index (χ1n) is 11.0. The van der Waals surface area contributed by atoms with Gasteiger partial charge in [0.25, 0.3) is 0 Å². The summed E-state index contributed by atoms with van der Waals surface area (Å²) in [5.74, 6) is 0. The summed E-state index contributed by atoms with van der Waals surface area (Å²) in [6.07, 6.45) is -10.1. The van der Waals surface area contributed by atoms with Gasteiger partial charge in [0, 0.05) is 11.3 Å². The Labute approximate surface area is 210 Å². The molecule has 0 radical (unpaired) electrons. The molecule has 0 spiro atoms. The van der Waals surface area contributed by atoms with E-state index >= 15 is 0 Å². The quantitative estimate of drug-likeness (QED) is 0.0977. The lowest BCUT2D eigenvalue weighted by Crippen LogP contribution is -2.40. The molecule has 0 aromatic carbocycles. The Morgan fingerprint density at radius 1 is 0.750 bits per heavy atom. The zero-order valence-corrected chi connectivity index (χ0v) is 20.5. The minimum absolute atomic E-state index is 0.00818. The van der Waals surface area contributed by atoms with Gasteiger partial charge in [-0.1, -0.05) is 6.07 Å². The number of ether oxygens (including phenoxy) is 7. The van der Waals surface area contributed by atoms with Crippen molar-refractivity contribution in [2.45, 2.75) is 30.8 Å². The first kappa shape index (κ1) is 33.0. The third-order valence-corrected chi connectivity index (χ3v) is 4.86. The van der Waals surface area contributed by atoms with Crippen molar-refractivity contribution in [1.29, 1.82) is 0 Å². The molecule has 0 saturated heterocycles. The highest BCUT2D eigenvalue weighted by molar-refractivity contribution is 7.09. The van der Waals surface area contributed by atoms with E-state index in [4.69, 9.17) is 24.1 Å². The van der Waals surface area contributed by atoms with Crippen molar-refractivity contribution >= 4 is 11.3 Å². The molecule has 2 atom stereocenters. The van der Waals surface area contributed by atoms with Crippen LogP contribution >= 0.6 is 11.3 Å². The van der Waals surface area contributed by atoms with Crippen LogP contribution in [0.2, 0.25) is 0 Å². The molecule has 3 N–H and O–H groups in total. The van der Waals surface area contributed by atoms with E-state index in [1.165, 1.54) is 0 Å². The topological polar surface area (TPSA) is 125 Å². The summed E-state index contributed by atoms with van der Waals surface area (Å²) in [4.78, 5) is 1.09. The molecule has 0 aliphatic rings. The van der Waals surface area contributed by atoms with Gasteiger partial charge in [0.1, 0.15) is 32.2 Å². The molecule has 0 aliphatic carbocycles. The first-order chi connectivity index (χ1) is 17.1. The van der Waals surface area contributed by atoms with E-state index in [-0.39, 0.29) is 46.2 Å². The maximum absolute atomic E-state index is 13.6. The predicted molar refractivity (Wildman–Crippen MR) is 118 cm³/mol. The summed E-state index contributed by atoms with van der Waals surface area (Å²) in [7, 11) is 0. The summed E-state index contributed by atoms with van der Waals surface area (Å²) < 4.78 is 87.0. The van der Waals surface area contributed by atoms with Crippen molar-refractivity contribution in [3.05, 3.63) is 22.4 Å². The number of aliphatic hydroxyl groups excluding tert-OH is 3. The molecule has 1 heterocycles. The molecule has 2 unspecified atom stereocenters. The molecule has 1 aromatic heterocycles. The number of aliphatic hydroxyl groups is 3. The molecule has 1 aromatic rings. The van der Waals surface area contributed by atoms with Crippen LogP contribution in [0.1, 0.15) is 4.88 Å². The zero-order chi connectivity index (χ0) is 26.7. The SMILES string of the molecule is OCCOCC(O)COCCOCOCC(F)(F)OC(F)(F)COCC(O)COCCc1cccs1. The number of hydrogen-bond acceptors (Lipinski definition) is 11. The lowest BCUT2D eigenvalue weighted by molar-refractivity contribution is -0.396. The van der Waals surface area contributed by atoms with Crippen molar-refractivity contribution in [3.63, 3.8) is 0 Å². The van der Waals surface area contributed by atoms with Crippen molar-refractivity contribution in [2.24, 2.45) is 0 Å². The molecule has 0 fully saturated rings. The number of thiophene rings is 1. The van der Waals surface area contributed by atoms with Gasteiger partial charge in [-0.15, -0.1) is 11.3 Å². The van der Waals surface area contributed by atoms with Crippen LogP contribution in [0, 0.1) is 0 Å². The van der Waals surface area contributed by atoms with Crippen LogP contribution in [0.25, 0.3) is 0 Å². The maximum atomic E-state index is 13.6. The molecular weight excluding hydrogens is 520 g/mol. The highest BCUT2D eigenvalue weighted by Gasteiger charge is 2.44. The Hall–Kier alpha value is -0.980. The maximum Gasteiger partial charge on any atom is 0.383 e. The third kappa shape index (κ3) is 18.3. The molecule has 36 heavy (non-hydrogen) atoms. The predicted octanol–water partition coefficient (Wildman–Crippen LogP) is 1.26. The highest BCUT2D eigenvalue weighted by atomic mass is 32.1. The molecule has 0 saturated carbocycles. The number of alkyl halides is 4. The molecule has 0 amide bonds. The number of hydrogen-bond donors (Lipinski definition) is 3.